The summed E-state index contributed by atoms with van der Waals surface area (Å²) < 4.78 is 0. The third-order valence-corrected chi connectivity index (χ3v) is 3.86. The van der Waals surface area contributed by atoms with Gasteiger partial charge in [-0.1, -0.05) is 33.6 Å². The highest BCUT2D eigenvalue weighted by molar-refractivity contribution is 5.78. The maximum atomic E-state index is 11.2. The maximum absolute atomic E-state index is 11.2. The molecular weight excluding hydrogens is 192 g/mol. The lowest BCUT2D eigenvalue weighted by Gasteiger charge is -2.39. The van der Waals surface area contributed by atoms with Gasteiger partial charge >= 0.3 is 5.97 Å². The van der Waals surface area contributed by atoms with Gasteiger partial charge in [0.05, 0.1) is 0 Å². The summed E-state index contributed by atoms with van der Waals surface area (Å²) in [5, 5.41) is 19.4. The molecule has 0 spiro atoms. The molecule has 0 heterocycles. The summed E-state index contributed by atoms with van der Waals surface area (Å²) in [7, 11) is 0. The van der Waals surface area contributed by atoms with Crippen molar-refractivity contribution in [3.8, 4) is 0 Å². The van der Waals surface area contributed by atoms with Crippen LogP contribution in [0.3, 0.4) is 0 Å². The molecule has 1 saturated carbocycles. The van der Waals surface area contributed by atoms with E-state index < -0.39 is 11.6 Å². The van der Waals surface area contributed by atoms with E-state index in [2.05, 4.69) is 6.92 Å². The van der Waals surface area contributed by atoms with Gasteiger partial charge in [0.2, 0.25) is 0 Å². The fourth-order valence-electron chi connectivity index (χ4n) is 2.59. The van der Waals surface area contributed by atoms with Gasteiger partial charge in [-0.2, -0.15) is 0 Å². The monoisotopic (exact) mass is 214 g/mol. The quantitative estimate of drug-likeness (QED) is 0.757. The van der Waals surface area contributed by atoms with Crippen molar-refractivity contribution in [3.05, 3.63) is 0 Å². The van der Waals surface area contributed by atoms with E-state index in [1.54, 1.807) is 13.8 Å². The van der Waals surface area contributed by atoms with Crippen molar-refractivity contribution in [2.45, 2.75) is 52.1 Å². The average molecular weight is 214 g/mol. The summed E-state index contributed by atoms with van der Waals surface area (Å²) in [6.07, 6.45) is 3.74. The molecule has 1 aliphatic carbocycles. The van der Waals surface area contributed by atoms with Gasteiger partial charge in [-0.3, -0.25) is 0 Å². The first-order chi connectivity index (χ1) is 6.89. The fraction of sp³-hybridized carbons (Fsp3) is 0.917. The lowest BCUT2D eigenvalue weighted by Crippen LogP contribution is -2.51. The van der Waals surface area contributed by atoms with E-state index in [1.165, 1.54) is 0 Å². The van der Waals surface area contributed by atoms with E-state index in [9.17, 15) is 15.0 Å². The molecule has 1 atom stereocenters. The molecule has 0 aliphatic heterocycles. The Hall–Kier alpha value is -0.570. The Kier molecular flexibility index (Phi) is 3.77. The average Bonchev–Trinajstić information content (AvgIpc) is 2.17. The largest absolute Gasteiger partial charge is 0.479 e. The number of carboxylic acids is 1. The molecule has 0 bridgehead atoms. The second-order valence-electron chi connectivity index (χ2n) is 5.24. The number of carbonyl (C=O) groups is 1. The van der Waals surface area contributed by atoms with Crippen LogP contribution in [0, 0.1) is 17.8 Å². The zero-order chi connectivity index (χ0) is 11.6. The van der Waals surface area contributed by atoms with Crippen molar-refractivity contribution in [1.82, 2.24) is 0 Å². The number of aliphatic hydroxyl groups is 1. The van der Waals surface area contributed by atoms with Crippen LogP contribution in [0.5, 0.6) is 0 Å². The molecule has 1 unspecified atom stereocenters. The van der Waals surface area contributed by atoms with Crippen molar-refractivity contribution in [2.24, 2.45) is 17.8 Å². The SMILES string of the molecule is CC1CCC(C(O)(C(=O)O)C(C)C)CC1. The van der Waals surface area contributed by atoms with Gasteiger partial charge < -0.3 is 10.2 Å². The highest BCUT2D eigenvalue weighted by Gasteiger charge is 2.47. The number of hydrogen-bond donors (Lipinski definition) is 2. The first-order valence-corrected chi connectivity index (χ1v) is 5.84. The van der Waals surface area contributed by atoms with Crippen LogP contribution in [0.1, 0.15) is 46.5 Å². The van der Waals surface area contributed by atoms with Crippen LogP contribution in [0.2, 0.25) is 0 Å². The molecule has 0 aromatic rings. The van der Waals surface area contributed by atoms with E-state index >= 15 is 0 Å². The van der Waals surface area contributed by atoms with Crippen LogP contribution < -0.4 is 0 Å². The van der Waals surface area contributed by atoms with Crippen molar-refractivity contribution in [2.75, 3.05) is 0 Å². The first-order valence-electron chi connectivity index (χ1n) is 5.84. The fourth-order valence-corrected chi connectivity index (χ4v) is 2.59. The minimum absolute atomic E-state index is 0.0776. The van der Waals surface area contributed by atoms with Crippen LogP contribution in [0.25, 0.3) is 0 Å². The van der Waals surface area contributed by atoms with Crippen molar-refractivity contribution < 1.29 is 15.0 Å². The van der Waals surface area contributed by atoms with Crippen LogP contribution in [0.15, 0.2) is 0 Å². The molecule has 0 radical (unpaired) electrons. The van der Waals surface area contributed by atoms with Crippen LogP contribution in [-0.4, -0.2) is 21.8 Å². The van der Waals surface area contributed by atoms with Gasteiger partial charge in [0.15, 0.2) is 5.60 Å². The third-order valence-electron chi connectivity index (χ3n) is 3.86. The lowest BCUT2D eigenvalue weighted by molar-refractivity contribution is -0.174. The second kappa shape index (κ2) is 4.52. The Balaban J connectivity index is 2.77. The van der Waals surface area contributed by atoms with Crippen molar-refractivity contribution in [3.63, 3.8) is 0 Å². The second-order valence-corrected chi connectivity index (χ2v) is 5.24. The van der Waals surface area contributed by atoms with Crippen LogP contribution in [0.4, 0.5) is 0 Å². The van der Waals surface area contributed by atoms with E-state index in [-0.39, 0.29) is 11.8 Å². The number of hydrogen-bond acceptors (Lipinski definition) is 2. The van der Waals surface area contributed by atoms with E-state index in [4.69, 9.17) is 0 Å². The predicted octanol–water partition coefficient (Wildman–Crippen LogP) is 2.28. The molecule has 3 nitrogen and oxygen atoms in total. The highest BCUT2D eigenvalue weighted by atomic mass is 16.4. The van der Waals surface area contributed by atoms with Crippen LogP contribution in [-0.2, 0) is 4.79 Å². The van der Waals surface area contributed by atoms with Gasteiger partial charge in [0.1, 0.15) is 0 Å². The summed E-state index contributed by atoms with van der Waals surface area (Å²) in [4.78, 5) is 11.2. The smallest absolute Gasteiger partial charge is 0.336 e. The third kappa shape index (κ3) is 2.33. The summed E-state index contributed by atoms with van der Waals surface area (Å²) in [5.74, 6) is -0.692. The topological polar surface area (TPSA) is 57.5 Å². The highest BCUT2D eigenvalue weighted by Crippen LogP contribution is 2.39. The zero-order valence-electron chi connectivity index (χ0n) is 9.86. The standard InChI is InChI=1S/C12H22O3/c1-8(2)12(15,11(13)14)10-6-4-9(3)5-7-10/h8-10,15H,4-7H2,1-3H3,(H,13,14). The minimum Gasteiger partial charge on any atom is -0.479 e. The molecule has 2 N–H and O–H groups in total. The minimum atomic E-state index is -1.53. The first kappa shape index (κ1) is 12.5. The Morgan fingerprint density at radius 3 is 2.07 bits per heavy atom. The number of carboxylic acid groups (broad SMARTS) is 1. The van der Waals surface area contributed by atoms with Crippen LogP contribution >= 0.6 is 0 Å². The van der Waals surface area contributed by atoms with Gasteiger partial charge in [0.25, 0.3) is 0 Å². The van der Waals surface area contributed by atoms with E-state index in [0.717, 1.165) is 25.7 Å². The van der Waals surface area contributed by atoms with Gasteiger partial charge in [0, 0.05) is 0 Å². The molecule has 3 heteroatoms. The Labute approximate surface area is 91.5 Å². The molecule has 0 aromatic carbocycles. The van der Waals surface area contributed by atoms with Gasteiger partial charge in [-0.05, 0) is 30.6 Å². The number of aliphatic carboxylic acids is 1. The molecule has 1 rings (SSSR count). The van der Waals surface area contributed by atoms with Crippen molar-refractivity contribution >= 4 is 5.97 Å². The summed E-state index contributed by atoms with van der Waals surface area (Å²) in [6, 6.07) is 0. The molecule has 0 saturated heterocycles. The summed E-state index contributed by atoms with van der Waals surface area (Å²) >= 11 is 0. The van der Waals surface area contributed by atoms with Gasteiger partial charge in [-0.15, -0.1) is 0 Å². The number of rotatable bonds is 3. The molecule has 0 amide bonds. The van der Waals surface area contributed by atoms with Crippen molar-refractivity contribution in [1.29, 1.82) is 0 Å². The Bertz CT molecular complexity index is 229. The Morgan fingerprint density at radius 1 is 1.27 bits per heavy atom. The molecule has 1 aliphatic rings. The maximum Gasteiger partial charge on any atom is 0.336 e. The predicted molar refractivity (Wildman–Crippen MR) is 58.5 cm³/mol. The lowest BCUT2D eigenvalue weighted by atomic mass is 9.69. The molecular formula is C12H22O3. The Morgan fingerprint density at radius 2 is 1.73 bits per heavy atom. The zero-order valence-corrected chi connectivity index (χ0v) is 9.86. The van der Waals surface area contributed by atoms with E-state index in [0.29, 0.717) is 5.92 Å². The normalized spacial score (nSPS) is 31.3. The molecule has 15 heavy (non-hydrogen) atoms. The molecule has 0 aromatic heterocycles. The summed E-state index contributed by atoms with van der Waals surface area (Å²) in [5.41, 5.74) is -1.53. The summed E-state index contributed by atoms with van der Waals surface area (Å²) in [6.45, 7) is 5.75. The molecule has 1 fully saturated rings. The molecule has 88 valence electrons. The van der Waals surface area contributed by atoms with E-state index in [1.807, 2.05) is 0 Å². The van der Waals surface area contributed by atoms with Gasteiger partial charge in [-0.25, -0.2) is 4.79 Å².